The van der Waals surface area contributed by atoms with E-state index in [-0.39, 0.29) is 11.3 Å². The van der Waals surface area contributed by atoms with Crippen LogP contribution in [0.5, 0.6) is 17.2 Å². The first-order chi connectivity index (χ1) is 21.2. The third kappa shape index (κ3) is 7.38. The first-order valence-electron chi connectivity index (χ1n) is 13.7. The van der Waals surface area contributed by atoms with Crippen LogP contribution in [-0.2, 0) is 22.8 Å². The minimum absolute atomic E-state index is 0.206. The predicted octanol–water partition coefficient (Wildman–Crippen LogP) is 7.74. The molecule has 0 saturated carbocycles. The van der Waals surface area contributed by atoms with Crippen LogP contribution in [0.25, 0.3) is 6.08 Å². The Labute approximate surface area is 271 Å². The number of halogens is 2. The summed E-state index contributed by atoms with van der Waals surface area (Å²) >= 11 is 6.96. The molecule has 0 unspecified atom stereocenters. The van der Waals surface area contributed by atoms with Crippen molar-refractivity contribution in [3.63, 3.8) is 0 Å². The fourth-order valence-electron chi connectivity index (χ4n) is 4.53. The number of nitrogens with zero attached hydrogens (tertiary/aromatic N) is 1. The summed E-state index contributed by atoms with van der Waals surface area (Å²) in [4.78, 5) is 40.0. The van der Waals surface area contributed by atoms with Gasteiger partial charge in [-0.2, -0.15) is 0 Å². The van der Waals surface area contributed by atoms with E-state index in [4.69, 9.17) is 14.2 Å². The zero-order valence-corrected chi connectivity index (χ0v) is 27.1. The molecule has 0 spiro atoms. The van der Waals surface area contributed by atoms with E-state index in [2.05, 4.69) is 37.2 Å². The molecule has 1 aliphatic rings. The van der Waals surface area contributed by atoms with Gasteiger partial charge in [0.1, 0.15) is 24.5 Å². The summed E-state index contributed by atoms with van der Waals surface area (Å²) in [5.41, 5.74) is 3.71. The second-order valence-electron chi connectivity index (χ2n) is 9.91. The van der Waals surface area contributed by atoms with E-state index in [0.717, 1.165) is 26.1 Å². The van der Waals surface area contributed by atoms with Crippen LogP contribution in [0.3, 0.4) is 0 Å². The number of hydrogen-bond donors (Lipinski definition) is 1. The van der Waals surface area contributed by atoms with Gasteiger partial charge in [-0.25, -0.2) is 9.69 Å². The quantitative estimate of drug-likeness (QED) is 0.133. The van der Waals surface area contributed by atoms with Crippen LogP contribution in [0.15, 0.2) is 99.4 Å². The summed E-state index contributed by atoms with van der Waals surface area (Å²) in [5.74, 6) is -0.0482. The van der Waals surface area contributed by atoms with Crippen molar-refractivity contribution in [1.29, 1.82) is 0 Å². The number of benzene rings is 4. The van der Waals surface area contributed by atoms with Crippen LogP contribution in [-0.4, -0.2) is 24.5 Å². The van der Waals surface area contributed by atoms with E-state index >= 15 is 0 Å². The number of ether oxygens (including phenoxy) is 3. The van der Waals surface area contributed by atoms with Gasteiger partial charge >= 0.3 is 6.03 Å². The van der Waals surface area contributed by atoms with Crippen molar-refractivity contribution in [3.05, 3.63) is 122 Å². The van der Waals surface area contributed by atoms with Crippen molar-refractivity contribution in [1.82, 2.24) is 5.32 Å². The second kappa shape index (κ2) is 13.9. The molecule has 1 saturated heterocycles. The molecule has 0 atom stereocenters. The van der Waals surface area contributed by atoms with Crippen molar-refractivity contribution in [2.75, 3.05) is 11.5 Å². The highest BCUT2D eigenvalue weighted by atomic mass is 79.9. The number of urea groups is 1. The maximum atomic E-state index is 13.5. The fraction of sp³-hybridized carbons (Fsp3) is 0.147. The standard InChI is InChI=1S/C34H28Br2N2O6/c1-3-42-30-18-24(17-29(36)31(30)44-20-23-6-4-5-21(2)15-23)16-28-32(39)37-34(41)38(33(28)40)26-11-13-27(14-12-26)43-19-22-7-9-25(35)10-8-22/h4-18H,3,19-20H2,1-2H3,(H,37,39,41)/b28-16+. The van der Waals surface area contributed by atoms with Crippen molar-refractivity contribution < 1.29 is 28.6 Å². The lowest BCUT2D eigenvalue weighted by Crippen LogP contribution is -2.54. The van der Waals surface area contributed by atoms with Gasteiger partial charge in [-0.3, -0.25) is 14.9 Å². The first-order valence-corrected chi connectivity index (χ1v) is 15.3. The van der Waals surface area contributed by atoms with Crippen molar-refractivity contribution in [2.45, 2.75) is 27.1 Å². The van der Waals surface area contributed by atoms with E-state index in [1.807, 2.05) is 62.4 Å². The molecular weight excluding hydrogens is 692 g/mol. The Balaban J connectivity index is 1.35. The molecule has 1 aliphatic heterocycles. The Morgan fingerprint density at radius 2 is 1.55 bits per heavy atom. The highest BCUT2D eigenvalue weighted by Gasteiger charge is 2.37. The zero-order chi connectivity index (χ0) is 31.2. The molecule has 1 fully saturated rings. The molecule has 4 aromatic rings. The fourth-order valence-corrected chi connectivity index (χ4v) is 5.37. The van der Waals surface area contributed by atoms with Crippen LogP contribution in [0, 0.1) is 6.92 Å². The van der Waals surface area contributed by atoms with Gasteiger partial charge in [-0.15, -0.1) is 0 Å². The Bertz CT molecular complexity index is 1740. The van der Waals surface area contributed by atoms with Crippen LogP contribution < -0.4 is 24.4 Å². The maximum Gasteiger partial charge on any atom is 0.335 e. The smallest absolute Gasteiger partial charge is 0.335 e. The highest BCUT2D eigenvalue weighted by Crippen LogP contribution is 2.38. The number of anilines is 1. The van der Waals surface area contributed by atoms with Crippen LogP contribution in [0.2, 0.25) is 0 Å². The normalized spacial score (nSPS) is 14.0. The minimum atomic E-state index is -0.836. The molecule has 44 heavy (non-hydrogen) atoms. The molecule has 0 aliphatic carbocycles. The number of amides is 4. The number of imide groups is 2. The molecule has 224 valence electrons. The summed E-state index contributed by atoms with van der Waals surface area (Å²) in [5, 5.41) is 2.26. The number of carbonyl (C=O) groups excluding carboxylic acids is 3. The van der Waals surface area contributed by atoms with E-state index in [0.29, 0.717) is 47.1 Å². The Hall–Kier alpha value is -4.41. The Morgan fingerprint density at radius 1 is 0.818 bits per heavy atom. The van der Waals surface area contributed by atoms with Gasteiger partial charge in [0, 0.05) is 4.47 Å². The van der Waals surface area contributed by atoms with E-state index in [1.165, 1.54) is 6.08 Å². The summed E-state index contributed by atoms with van der Waals surface area (Å²) < 4.78 is 19.3. The van der Waals surface area contributed by atoms with E-state index < -0.39 is 17.8 Å². The molecule has 0 radical (unpaired) electrons. The molecule has 5 rings (SSSR count). The largest absolute Gasteiger partial charge is 0.490 e. The molecular formula is C34H28Br2N2O6. The number of barbiturate groups is 1. The molecule has 8 nitrogen and oxygen atoms in total. The van der Waals surface area contributed by atoms with Gasteiger partial charge in [-0.1, -0.05) is 57.9 Å². The topological polar surface area (TPSA) is 94.2 Å². The van der Waals surface area contributed by atoms with Crippen molar-refractivity contribution in [3.8, 4) is 17.2 Å². The van der Waals surface area contributed by atoms with Gasteiger partial charge in [0.2, 0.25) is 0 Å². The summed E-state index contributed by atoms with van der Waals surface area (Å²) in [6.07, 6.45) is 1.42. The van der Waals surface area contributed by atoms with Gasteiger partial charge in [0.25, 0.3) is 11.8 Å². The van der Waals surface area contributed by atoms with E-state index in [9.17, 15) is 14.4 Å². The lowest BCUT2D eigenvalue weighted by molar-refractivity contribution is -0.122. The lowest BCUT2D eigenvalue weighted by Gasteiger charge is -2.26. The molecule has 10 heteroatoms. The van der Waals surface area contributed by atoms with Gasteiger partial charge in [0.05, 0.1) is 16.8 Å². The minimum Gasteiger partial charge on any atom is -0.490 e. The number of nitrogens with one attached hydrogen (secondary N) is 1. The Morgan fingerprint density at radius 3 is 2.25 bits per heavy atom. The lowest BCUT2D eigenvalue weighted by atomic mass is 10.1. The predicted molar refractivity (Wildman–Crippen MR) is 175 cm³/mol. The molecule has 1 N–H and O–H groups in total. The van der Waals surface area contributed by atoms with Gasteiger partial charge in [-0.05, 0) is 101 Å². The molecule has 0 aromatic heterocycles. The van der Waals surface area contributed by atoms with Gasteiger partial charge in [0.15, 0.2) is 11.5 Å². The number of aryl methyl sites for hydroxylation is 1. The molecule has 4 aromatic carbocycles. The maximum absolute atomic E-state index is 13.5. The van der Waals surface area contributed by atoms with Crippen LogP contribution in [0.1, 0.15) is 29.2 Å². The number of rotatable bonds is 10. The van der Waals surface area contributed by atoms with E-state index in [1.54, 1.807) is 36.4 Å². The number of hydrogen-bond acceptors (Lipinski definition) is 6. The average molecular weight is 720 g/mol. The Kier molecular flexibility index (Phi) is 9.82. The monoisotopic (exact) mass is 718 g/mol. The summed E-state index contributed by atoms with van der Waals surface area (Å²) in [6.45, 7) is 4.92. The number of carbonyl (C=O) groups is 3. The summed E-state index contributed by atoms with van der Waals surface area (Å²) in [6, 6.07) is 24.8. The van der Waals surface area contributed by atoms with Crippen LogP contribution in [0.4, 0.5) is 10.5 Å². The average Bonchev–Trinajstić information content (AvgIpc) is 2.99. The van der Waals surface area contributed by atoms with Crippen molar-refractivity contribution in [2.24, 2.45) is 0 Å². The van der Waals surface area contributed by atoms with Crippen molar-refractivity contribution >= 4 is 61.5 Å². The second-order valence-corrected chi connectivity index (χ2v) is 11.7. The van der Waals surface area contributed by atoms with Gasteiger partial charge < -0.3 is 14.2 Å². The first kappa shape index (κ1) is 31.0. The summed E-state index contributed by atoms with van der Waals surface area (Å²) in [7, 11) is 0. The molecule has 4 amide bonds. The highest BCUT2D eigenvalue weighted by molar-refractivity contribution is 9.10. The molecule has 0 bridgehead atoms. The van der Waals surface area contributed by atoms with Crippen LogP contribution >= 0.6 is 31.9 Å². The SMILES string of the molecule is CCOc1cc(/C=C2\C(=O)NC(=O)N(c3ccc(OCc4ccc(Br)cc4)cc3)C2=O)cc(Br)c1OCc1cccc(C)c1. The third-order valence-corrected chi connectivity index (χ3v) is 7.74. The zero-order valence-electron chi connectivity index (χ0n) is 23.9. The third-order valence-electron chi connectivity index (χ3n) is 6.62. The molecule has 1 heterocycles.